The zero-order chi connectivity index (χ0) is 10.6. The summed E-state index contributed by atoms with van der Waals surface area (Å²) in [5.74, 6) is 5.50. The molecule has 3 heteroatoms. The molecule has 0 aromatic heterocycles. The van der Waals surface area contributed by atoms with Crippen molar-refractivity contribution >= 4 is 0 Å². The summed E-state index contributed by atoms with van der Waals surface area (Å²) in [5, 5.41) is 0. The predicted molar refractivity (Wildman–Crippen MR) is 57.9 cm³/mol. The van der Waals surface area contributed by atoms with E-state index in [1.165, 1.54) is 16.7 Å². The lowest BCUT2D eigenvalue weighted by atomic mass is 9.97. The van der Waals surface area contributed by atoms with E-state index < -0.39 is 0 Å². The molecule has 1 rings (SSSR count). The Morgan fingerprint density at radius 3 is 2.36 bits per heavy atom. The summed E-state index contributed by atoms with van der Waals surface area (Å²) in [6, 6.07) is 6.29. The predicted octanol–water partition coefficient (Wildman–Crippen LogP) is 1.45. The molecular weight excluding hydrogens is 176 g/mol. The van der Waals surface area contributed by atoms with Gasteiger partial charge in [0.1, 0.15) is 0 Å². The van der Waals surface area contributed by atoms with Crippen LogP contribution < -0.4 is 11.3 Å². The van der Waals surface area contributed by atoms with E-state index in [1.807, 2.05) is 0 Å². The molecule has 14 heavy (non-hydrogen) atoms. The Kier molecular flexibility index (Phi) is 4.07. The third kappa shape index (κ3) is 2.32. The quantitative estimate of drug-likeness (QED) is 0.563. The zero-order valence-corrected chi connectivity index (χ0v) is 9.00. The molecule has 0 bridgehead atoms. The van der Waals surface area contributed by atoms with Crippen molar-refractivity contribution in [2.75, 3.05) is 13.7 Å². The lowest BCUT2D eigenvalue weighted by molar-refractivity contribution is 0.167. The fourth-order valence-corrected chi connectivity index (χ4v) is 1.76. The van der Waals surface area contributed by atoms with E-state index in [2.05, 4.69) is 37.5 Å². The van der Waals surface area contributed by atoms with Crippen molar-refractivity contribution in [3.8, 4) is 0 Å². The molecule has 0 aliphatic heterocycles. The Bertz CT molecular complexity index is 279. The number of aryl methyl sites for hydroxylation is 2. The van der Waals surface area contributed by atoms with Gasteiger partial charge in [0.25, 0.3) is 0 Å². The normalized spacial score (nSPS) is 12.9. The number of rotatable bonds is 4. The number of hydrogen-bond acceptors (Lipinski definition) is 3. The SMILES string of the molecule is COCC(NN)c1c(C)cccc1C. The van der Waals surface area contributed by atoms with Crippen LogP contribution in [0.2, 0.25) is 0 Å². The molecule has 0 amide bonds. The number of benzene rings is 1. The van der Waals surface area contributed by atoms with Gasteiger partial charge in [-0.05, 0) is 30.5 Å². The first-order chi connectivity index (χ1) is 6.70. The smallest absolute Gasteiger partial charge is 0.0698 e. The minimum atomic E-state index is 0.0706. The van der Waals surface area contributed by atoms with Crippen LogP contribution in [0.1, 0.15) is 22.7 Å². The molecule has 1 unspecified atom stereocenters. The third-order valence-corrected chi connectivity index (χ3v) is 2.43. The molecule has 78 valence electrons. The van der Waals surface area contributed by atoms with Crippen LogP contribution in [0.5, 0.6) is 0 Å². The maximum Gasteiger partial charge on any atom is 0.0698 e. The van der Waals surface area contributed by atoms with Crippen molar-refractivity contribution in [1.29, 1.82) is 0 Å². The summed E-state index contributed by atoms with van der Waals surface area (Å²) in [7, 11) is 1.68. The largest absolute Gasteiger partial charge is 0.383 e. The highest BCUT2D eigenvalue weighted by molar-refractivity contribution is 5.36. The van der Waals surface area contributed by atoms with E-state index >= 15 is 0 Å². The van der Waals surface area contributed by atoms with Crippen LogP contribution in [0, 0.1) is 13.8 Å². The average Bonchev–Trinajstić information content (AvgIpc) is 2.16. The number of ether oxygens (including phenoxy) is 1. The summed E-state index contributed by atoms with van der Waals surface area (Å²) in [4.78, 5) is 0. The van der Waals surface area contributed by atoms with E-state index in [0.717, 1.165) is 0 Å². The third-order valence-electron chi connectivity index (χ3n) is 2.43. The van der Waals surface area contributed by atoms with Crippen molar-refractivity contribution in [2.45, 2.75) is 19.9 Å². The Hall–Kier alpha value is -0.900. The summed E-state index contributed by atoms with van der Waals surface area (Å²) < 4.78 is 5.12. The molecule has 1 aromatic carbocycles. The molecule has 0 heterocycles. The van der Waals surface area contributed by atoms with Crippen LogP contribution in [-0.4, -0.2) is 13.7 Å². The summed E-state index contributed by atoms with van der Waals surface area (Å²) >= 11 is 0. The van der Waals surface area contributed by atoms with Crippen molar-refractivity contribution < 1.29 is 4.74 Å². The monoisotopic (exact) mass is 194 g/mol. The number of methoxy groups -OCH3 is 1. The summed E-state index contributed by atoms with van der Waals surface area (Å²) in [5.41, 5.74) is 6.49. The molecule has 0 saturated carbocycles. The van der Waals surface area contributed by atoms with E-state index in [-0.39, 0.29) is 6.04 Å². The average molecular weight is 194 g/mol. The molecule has 0 fully saturated rings. The maximum absolute atomic E-state index is 5.50. The van der Waals surface area contributed by atoms with E-state index in [9.17, 15) is 0 Å². The fourth-order valence-electron chi connectivity index (χ4n) is 1.76. The number of nitrogens with two attached hydrogens (primary N) is 1. The molecule has 1 aromatic rings. The van der Waals surface area contributed by atoms with Gasteiger partial charge in [0.15, 0.2) is 0 Å². The van der Waals surface area contributed by atoms with Gasteiger partial charge in [-0.15, -0.1) is 0 Å². The highest BCUT2D eigenvalue weighted by Gasteiger charge is 2.13. The lowest BCUT2D eigenvalue weighted by Crippen LogP contribution is -2.32. The van der Waals surface area contributed by atoms with E-state index in [0.29, 0.717) is 6.61 Å². The number of nitrogens with one attached hydrogen (secondary N) is 1. The van der Waals surface area contributed by atoms with Gasteiger partial charge >= 0.3 is 0 Å². The maximum atomic E-state index is 5.50. The molecule has 3 nitrogen and oxygen atoms in total. The standard InChI is InChI=1S/C11H18N2O/c1-8-5-4-6-9(2)11(8)10(13-12)7-14-3/h4-6,10,13H,7,12H2,1-3H3. The van der Waals surface area contributed by atoms with Crippen molar-refractivity contribution in [2.24, 2.45) is 5.84 Å². The van der Waals surface area contributed by atoms with Crippen LogP contribution in [0.4, 0.5) is 0 Å². The van der Waals surface area contributed by atoms with Crippen LogP contribution in [0.25, 0.3) is 0 Å². The first-order valence-corrected chi connectivity index (χ1v) is 4.72. The van der Waals surface area contributed by atoms with Crippen molar-refractivity contribution in [1.82, 2.24) is 5.43 Å². The van der Waals surface area contributed by atoms with Crippen LogP contribution in [0.15, 0.2) is 18.2 Å². The number of hydrogen-bond donors (Lipinski definition) is 2. The van der Waals surface area contributed by atoms with Gasteiger partial charge in [-0.3, -0.25) is 11.3 Å². The number of hydrazine groups is 1. The van der Waals surface area contributed by atoms with Gasteiger partial charge < -0.3 is 4.74 Å². The Labute approximate surface area is 85.2 Å². The zero-order valence-electron chi connectivity index (χ0n) is 9.00. The second-order valence-corrected chi connectivity index (χ2v) is 3.48. The first-order valence-electron chi connectivity index (χ1n) is 4.72. The molecule has 3 N–H and O–H groups in total. The van der Waals surface area contributed by atoms with Crippen LogP contribution in [0.3, 0.4) is 0 Å². The minimum absolute atomic E-state index is 0.0706. The summed E-state index contributed by atoms with van der Waals surface area (Å²) in [6.45, 7) is 4.76. The van der Waals surface area contributed by atoms with E-state index in [1.54, 1.807) is 7.11 Å². The van der Waals surface area contributed by atoms with Gasteiger partial charge in [-0.1, -0.05) is 18.2 Å². The van der Waals surface area contributed by atoms with Gasteiger partial charge in [-0.2, -0.15) is 0 Å². The van der Waals surface area contributed by atoms with Gasteiger partial charge in [0, 0.05) is 7.11 Å². The molecule has 0 radical (unpaired) electrons. The highest BCUT2D eigenvalue weighted by Crippen LogP contribution is 2.21. The van der Waals surface area contributed by atoms with E-state index in [4.69, 9.17) is 10.6 Å². The Balaban J connectivity index is 3.02. The molecule has 0 saturated heterocycles. The molecule has 0 aliphatic carbocycles. The highest BCUT2D eigenvalue weighted by atomic mass is 16.5. The van der Waals surface area contributed by atoms with Gasteiger partial charge in [0.05, 0.1) is 12.6 Å². The molecular formula is C11H18N2O. The second kappa shape index (κ2) is 5.10. The molecule has 0 aliphatic rings. The van der Waals surface area contributed by atoms with Gasteiger partial charge in [0.2, 0.25) is 0 Å². The van der Waals surface area contributed by atoms with Crippen LogP contribution in [-0.2, 0) is 4.74 Å². The van der Waals surface area contributed by atoms with Crippen molar-refractivity contribution in [3.05, 3.63) is 34.9 Å². The first kappa shape index (κ1) is 11.2. The lowest BCUT2D eigenvalue weighted by Gasteiger charge is -2.19. The Morgan fingerprint density at radius 1 is 1.36 bits per heavy atom. The summed E-state index contributed by atoms with van der Waals surface area (Å²) in [6.07, 6.45) is 0. The minimum Gasteiger partial charge on any atom is -0.383 e. The molecule has 0 spiro atoms. The Morgan fingerprint density at radius 2 is 1.93 bits per heavy atom. The molecule has 1 atom stereocenters. The van der Waals surface area contributed by atoms with Crippen LogP contribution >= 0.6 is 0 Å². The second-order valence-electron chi connectivity index (χ2n) is 3.48. The fraction of sp³-hybridized carbons (Fsp3) is 0.455. The topological polar surface area (TPSA) is 47.3 Å². The van der Waals surface area contributed by atoms with Gasteiger partial charge in [-0.25, -0.2) is 0 Å². The van der Waals surface area contributed by atoms with Crippen molar-refractivity contribution in [3.63, 3.8) is 0 Å².